The second-order valence-electron chi connectivity index (χ2n) is 13.3. The number of hydrogen-bond donors (Lipinski definition) is 0. The van der Waals surface area contributed by atoms with Crippen molar-refractivity contribution in [3.8, 4) is 0 Å². The number of allylic oxidation sites excluding steroid dienone is 1. The topological polar surface area (TPSA) is 65.1 Å². The van der Waals surface area contributed by atoms with E-state index in [1.54, 1.807) is 0 Å². The van der Waals surface area contributed by atoms with Gasteiger partial charge in [-0.25, -0.2) is 9.59 Å². The highest BCUT2D eigenvalue weighted by Gasteiger charge is 2.87. The third-order valence-corrected chi connectivity index (χ3v) is 12.1. The van der Waals surface area contributed by atoms with Crippen LogP contribution in [0.15, 0.2) is 33.9 Å². The predicted molar refractivity (Wildman–Crippen MR) is 130 cm³/mol. The van der Waals surface area contributed by atoms with Crippen molar-refractivity contribution in [2.75, 3.05) is 0 Å². The van der Waals surface area contributed by atoms with Gasteiger partial charge in [-0.2, -0.15) is 0 Å². The van der Waals surface area contributed by atoms with Crippen LogP contribution in [0, 0.1) is 22.7 Å². The van der Waals surface area contributed by atoms with Gasteiger partial charge >= 0.3 is 11.9 Å². The number of epoxide rings is 1. The Kier molecular flexibility index (Phi) is 4.04. The van der Waals surface area contributed by atoms with Crippen LogP contribution in [0.2, 0.25) is 0 Å². The summed E-state index contributed by atoms with van der Waals surface area (Å²) in [5.41, 5.74) is 2.17. The molecule has 3 saturated carbocycles. The lowest BCUT2D eigenvalue weighted by atomic mass is 9.47. The minimum atomic E-state index is -1.10. The average molecular weight is 479 g/mol. The third kappa shape index (κ3) is 2.20. The first-order valence-corrected chi connectivity index (χ1v) is 13.7. The zero-order chi connectivity index (χ0) is 24.8. The van der Waals surface area contributed by atoms with Crippen LogP contribution in [0.3, 0.4) is 0 Å². The Bertz CT molecular complexity index is 1190. The van der Waals surface area contributed by atoms with Crippen molar-refractivity contribution in [3.63, 3.8) is 0 Å². The zero-order valence-corrected chi connectivity index (χ0v) is 22.0. The first kappa shape index (κ1) is 22.3. The van der Waals surface area contributed by atoms with Crippen LogP contribution in [-0.4, -0.2) is 34.8 Å². The van der Waals surface area contributed by atoms with Crippen LogP contribution < -0.4 is 0 Å². The summed E-state index contributed by atoms with van der Waals surface area (Å²) >= 11 is 0. The molecular formula is C30H38O5. The molecule has 1 spiro atoms. The quantitative estimate of drug-likeness (QED) is 0.273. The minimum Gasteiger partial charge on any atom is -0.443 e. The summed E-state index contributed by atoms with van der Waals surface area (Å²) in [7, 11) is 0. The van der Waals surface area contributed by atoms with Gasteiger partial charge in [0.1, 0.15) is 11.7 Å². The van der Waals surface area contributed by atoms with Crippen LogP contribution in [0.4, 0.5) is 0 Å². The summed E-state index contributed by atoms with van der Waals surface area (Å²) < 4.78 is 19.8. The van der Waals surface area contributed by atoms with Crippen LogP contribution >= 0.6 is 0 Å². The number of hydrogen-bond acceptors (Lipinski definition) is 5. The molecule has 3 aliphatic heterocycles. The Morgan fingerprint density at radius 2 is 1.57 bits per heavy atom. The molecule has 4 aliphatic carbocycles. The molecule has 7 aliphatic rings. The summed E-state index contributed by atoms with van der Waals surface area (Å²) in [5, 5.41) is 0. The van der Waals surface area contributed by atoms with E-state index in [-0.39, 0.29) is 34.5 Å². The molecule has 35 heavy (non-hydrogen) atoms. The lowest BCUT2D eigenvalue weighted by Gasteiger charge is -2.57. The number of carbonyl (C=O) groups is 2. The van der Waals surface area contributed by atoms with Crippen molar-refractivity contribution in [2.45, 2.75) is 116 Å². The Morgan fingerprint density at radius 1 is 0.886 bits per heavy atom. The van der Waals surface area contributed by atoms with Gasteiger partial charge in [0.25, 0.3) is 0 Å². The highest BCUT2D eigenvalue weighted by molar-refractivity contribution is 5.97. The zero-order valence-electron chi connectivity index (χ0n) is 22.0. The van der Waals surface area contributed by atoms with E-state index in [9.17, 15) is 9.59 Å². The molecule has 0 aromatic rings. The average Bonchev–Trinajstić information content (AvgIpc) is 3.43. The number of ether oxygens (including phenoxy) is 3. The molecule has 8 atom stereocenters. The van der Waals surface area contributed by atoms with Crippen molar-refractivity contribution in [3.05, 3.63) is 33.9 Å². The Balaban J connectivity index is 1.50. The Morgan fingerprint density at radius 3 is 2.34 bits per heavy atom. The van der Waals surface area contributed by atoms with Crippen LogP contribution in [0.5, 0.6) is 0 Å². The monoisotopic (exact) mass is 478 g/mol. The van der Waals surface area contributed by atoms with E-state index in [1.165, 1.54) is 18.4 Å². The third-order valence-electron chi connectivity index (χ3n) is 12.1. The SMILES string of the molecule is CC1=C2CC3(C)C(=CC2(C24OC(=O)C(C)=C2CC2(C)C(C)CCCC25OC54)OC1=O)CCCC3C. The van der Waals surface area contributed by atoms with Crippen molar-refractivity contribution < 1.29 is 23.8 Å². The molecule has 5 heteroatoms. The summed E-state index contributed by atoms with van der Waals surface area (Å²) in [5.74, 6) is 0.455. The van der Waals surface area contributed by atoms with Gasteiger partial charge in [-0.3, -0.25) is 0 Å². The number of fused-ring (bicyclic) bond motifs is 5. The van der Waals surface area contributed by atoms with Gasteiger partial charge in [0.2, 0.25) is 5.60 Å². The van der Waals surface area contributed by atoms with Crippen LogP contribution in [0.25, 0.3) is 0 Å². The molecule has 5 nitrogen and oxygen atoms in total. The van der Waals surface area contributed by atoms with Crippen molar-refractivity contribution in [2.24, 2.45) is 22.7 Å². The smallest absolute Gasteiger partial charge is 0.335 e. The second kappa shape index (κ2) is 6.33. The molecule has 0 aromatic heterocycles. The van der Waals surface area contributed by atoms with Gasteiger partial charge in [0.15, 0.2) is 5.60 Å². The molecule has 0 N–H and O–H groups in total. The van der Waals surface area contributed by atoms with Gasteiger partial charge in [0.05, 0.1) is 0 Å². The maximum atomic E-state index is 13.4. The van der Waals surface area contributed by atoms with E-state index in [4.69, 9.17) is 14.2 Å². The highest BCUT2D eigenvalue weighted by atomic mass is 16.7. The normalized spacial score (nSPS) is 52.1. The lowest BCUT2D eigenvalue weighted by Crippen LogP contribution is -2.67. The number of rotatable bonds is 1. The van der Waals surface area contributed by atoms with Gasteiger partial charge in [-0.05, 0) is 93.3 Å². The molecule has 0 bridgehead atoms. The van der Waals surface area contributed by atoms with Gasteiger partial charge < -0.3 is 14.2 Å². The summed E-state index contributed by atoms with van der Waals surface area (Å²) in [6.45, 7) is 13.2. The second-order valence-corrected chi connectivity index (χ2v) is 13.3. The molecule has 0 radical (unpaired) electrons. The largest absolute Gasteiger partial charge is 0.443 e. The molecule has 0 amide bonds. The van der Waals surface area contributed by atoms with E-state index >= 15 is 0 Å². The van der Waals surface area contributed by atoms with Crippen molar-refractivity contribution in [1.29, 1.82) is 0 Å². The minimum absolute atomic E-state index is 0.00483. The molecule has 1 saturated heterocycles. The van der Waals surface area contributed by atoms with Crippen molar-refractivity contribution >= 4 is 11.9 Å². The summed E-state index contributed by atoms with van der Waals surface area (Å²) in [4.78, 5) is 26.7. The maximum Gasteiger partial charge on any atom is 0.335 e. The molecule has 0 aromatic carbocycles. The standard InChI is InChI=1S/C30H38O5/c1-16-9-7-11-20-13-29(21(14-26(16,20)5)18(3)23(31)33-29)30-22(19(4)24(32)34-30)15-27(6)17(2)10-8-12-28(27)25(30)35-28/h13,16-17,25H,7-12,14-15H2,1-6H3. The number of carbonyl (C=O) groups excluding carboxylic acids is 2. The molecule has 7 rings (SSSR count). The van der Waals surface area contributed by atoms with Crippen molar-refractivity contribution in [1.82, 2.24) is 0 Å². The van der Waals surface area contributed by atoms with E-state index in [2.05, 4.69) is 33.8 Å². The van der Waals surface area contributed by atoms with Crippen LogP contribution in [-0.2, 0) is 23.8 Å². The molecule has 8 unspecified atom stereocenters. The fourth-order valence-electron chi connectivity index (χ4n) is 9.38. The first-order chi connectivity index (χ1) is 16.5. The highest BCUT2D eigenvalue weighted by Crippen LogP contribution is 2.76. The lowest BCUT2D eigenvalue weighted by molar-refractivity contribution is -0.182. The molecule has 3 heterocycles. The number of esters is 2. The maximum absolute atomic E-state index is 13.4. The fourth-order valence-corrected chi connectivity index (χ4v) is 9.38. The fraction of sp³-hybridized carbons (Fsp3) is 0.733. The molecule has 4 fully saturated rings. The van der Waals surface area contributed by atoms with E-state index in [0.717, 1.165) is 49.7 Å². The summed E-state index contributed by atoms with van der Waals surface area (Å²) in [6, 6.07) is 0. The van der Waals surface area contributed by atoms with Gasteiger partial charge in [0, 0.05) is 16.6 Å². The van der Waals surface area contributed by atoms with Gasteiger partial charge in [-0.1, -0.05) is 39.7 Å². The van der Waals surface area contributed by atoms with Crippen LogP contribution in [0.1, 0.15) is 92.9 Å². The Labute approximate surface area is 208 Å². The molecular weight excluding hydrogens is 440 g/mol. The molecule has 188 valence electrons. The summed E-state index contributed by atoms with van der Waals surface area (Å²) in [6.07, 6.45) is 10.1. The van der Waals surface area contributed by atoms with E-state index < -0.39 is 11.2 Å². The van der Waals surface area contributed by atoms with E-state index in [1.807, 2.05) is 13.8 Å². The first-order valence-electron chi connectivity index (χ1n) is 13.7. The van der Waals surface area contributed by atoms with E-state index in [0.29, 0.717) is 23.0 Å². The Hall–Kier alpha value is -1.88. The predicted octanol–water partition coefficient (Wildman–Crippen LogP) is 5.73. The van der Waals surface area contributed by atoms with Gasteiger partial charge in [-0.15, -0.1) is 0 Å².